The van der Waals surface area contributed by atoms with Gasteiger partial charge in [-0.2, -0.15) is 0 Å². The number of pyridine rings is 1. The summed E-state index contributed by atoms with van der Waals surface area (Å²) in [6.07, 6.45) is 2.35. The number of hydrogen-bond acceptors (Lipinski definition) is 6. The van der Waals surface area contributed by atoms with E-state index in [1.165, 1.54) is 0 Å². The number of carboxylic acids is 1. The second-order valence-electron chi connectivity index (χ2n) is 7.22. The predicted molar refractivity (Wildman–Crippen MR) is 94.9 cm³/mol. The van der Waals surface area contributed by atoms with E-state index in [0.717, 1.165) is 64.1 Å². The summed E-state index contributed by atoms with van der Waals surface area (Å²) in [5.74, 6) is -0.617. The number of hydrogen-bond donors (Lipinski definition) is 3. The van der Waals surface area contributed by atoms with Gasteiger partial charge in [-0.3, -0.25) is 9.80 Å². The Balaban J connectivity index is 1.43. The van der Waals surface area contributed by atoms with E-state index in [0.29, 0.717) is 11.9 Å². The number of aromatic nitrogens is 1. The zero-order valence-corrected chi connectivity index (χ0v) is 14.5. The van der Waals surface area contributed by atoms with Gasteiger partial charge in [-0.05, 0) is 43.7 Å². The maximum atomic E-state index is 10.9. The van der Waals surface area contributed by atoms with E-state index in [1.807, 2.05) is 12.1 Å². The number of nitrogens with zero attached hydrogens (tertiary/aromatic N) is 3. The third kappa shape index (κ3) is 4.68. The Morgan fingerprint density at radius 1 is 1.20 bits per heavy atom. The molecule has 2 fully saturated rings. The van der Waals surface area contributed by atoms with Gasteiger partial charge < -0.3 is 15.9 Å². The fraction of sp³-hybridized carbons (Fsp3) is 0.667. The molecular weight excluding hydrogens is 320 g/mol. The van der Waals surface area contributed by atoms with Crippen LogP contribution in [-0.4, -0.2) is 69.3 Å². The summed E-state index contributed by atoms with van der Waals surface area (Å²) < 4.78 is 0. The van der Waals surface area contributed by atoms with Crippen molar-refractivity contribution in [3.63, 3.8) is 0 Å². The Morgan fingerprint density at radius 2 is 1.88 bits per heavy atom. The van der Waals surface area contributed by atoms with Crippen LogP contribution in [0, 0.1) is 5.92 Å². The molecule has 7 heteroatoms. The van der Waals surface area contributed by atoms with Crippen molar-refractivity contribution in [2.24, 2.45) is 5.92 Å². The van der Waals surface area contributed by atoms with E-state index >= 15 is 0 Å². The van der Waals surface area contributed by atoms with Crippen LogP contribution in [0.25, 0.3) is 0 Å². The van der Waals surface area contributed by atoms with E-state index in [1.54, 1.807) is 6.07 Å². The van der Waals surface area contributed by atoms with Crippen LogP contribution in [0.2, 0.25) is 0 Å². The first kappa shape index (κ1) is 18.1. The van der Waals surface area contributed by atoms with Gasteiger partial charge >= 0.3 is 5.97 Å². The Bertz CT molecular complexity index is 581. The first-order valence-electron chi connectivity index (χ1n) is 9.11. The minimum Gasteiger partial charge on any atom is -0.479 e. The highest BCUT2D eigenvalue weighted by molar-refractivity contribution is 5.72. The zero-order chi connectivity index (χ0) is 17.8. The molecule has 1 aliphatic heterocycles. The summed E-state index contributed by atoms with van der Waals surface area (Å²) in [5, 5.41) is 18.6. The minimum absolute atomic E-state index is 0.0929. The molecule has 1 aromatic rings. The van der Waals surface area contributed by atoms with Crippen LogP contribution < -0.4 is 5.73 Å². The van der Waals surface area contributed by atoms with Crippen molar-refractivity contribution in [1.29, 1.82) is 0 Å². The highest BCUT2D eigenvalue weighted by Crippen LogP contribution is 2.30. The molecular formula is C18H28N4O3. The van der Waals surface area contributed by atoms with Crippen molar-refractivity contribution in [1.82, 2.24) is 14.8 Å². The lowest BCUT2D eigenvalue weighted by Gasteiger charge is -2.42. The summed E-state index contributed by atoms with van der Waals surface area (Å²) >= 11 is 0. The van der Waals surface area contributed by atoms with E-state index in [4.69, 9.17) is 10.8 Å². The van der Waals surface area contributed by atoms with Crippen LogP contribution >= 0.6 is 0 Å². The molecule has 4 N–H and O–H groups in total. The van der Waals surface area contributed by atoms with Crippen molar-refractivity contribution in [2.45, 2.75) is 44.4 Å². The van der Waals surface area contributed by atoms with Gasteiger partial charge in [-0.25, -0.2) is 9.78 Å². The second kappa shape index (κ2) is 8.12. The van der Waals surface area contributed by atoms with Gasteiger partial charge in [0.1, 0.15) is 5.82 Å². The Kier molecular flexibility index (Phi) is 5.88. The van der Waals surface area contributed by atoms with Gasteiger partial charge in [-0.1, -0.05) is 6.07 Å². The highest BCUT2D eigenvalue weighted by Gasteiger charge is 2.33. The SMILES string of the molecule is Nc1cccc(CN2CCN(C3CCC(C(O)C(=O)O)CC3)CC2)n1. The van der Waals surface area contributed by atoms with Gasteiger partial charge in [0, 0.05) is 38.8 Å². The molecule has 0 amide bonds. The van der Waals surface area contributed by atoms with Crippen molar-refractivity contribution in [3.8, 4) is 0 Å². The minimum atomic E-state index is -1.20. The lowest BCUT2D eigenvalue weighted by molar-refractivity contribution is -0.150. The topological polar surface area (TPSA) is 103 Å². The monoisotopic (exact) mass is 348 g/mol. The third-order valence-corrected chi connectivity index (χ3v) is 5.58. The van der Waals surface area contributed by atoms with Crippen LogP contribution in [0.15, 0.2) is 18.2 Å². The maximum absolute atomic E-state index is 10.9. The molecule has 25 heavy (non-hydrogen) atoms. The van der Waals surface area contributed by atoms with Gasteiger partial charge in [0.2, 0.25) is 0 Å². The normalized spacial score (nSPS) is 27.1. The lowest BCUT2D eigenvalue weighted by atomic mass is 9.82. The molecule has 138 valence electrons. The molecule has 0 bridgehead atoms. The number of rotatable bonds is 5. The number of piperazine rings is 1. The van der Waals surface area contributed by atoms with Crippen molar-refractivity contribution >= 4 is 11.8 Å². The number of aliphatic hydroxyl groups excluding tert-OH is 1. The van der Waals surface area contributed by atoms with E-state index in [-0.39, 0.29) is 5.92 Å². The molecule has 1 aromatic heterocycles. The number of aliphatic hydroxyl groups is 1. The molecule has 1 aliphatic carbocycles. The highest BCUT2D eigenvalue weighted by atomic mass is 16.4. The molecule has 0 spiro atoms. The van der Waals surface area contributed by atoms with Crippen LogP contribution in [-0.2, 0) is 11.3 Å². The molecule has 1 saturated heterocycles. The Hall–Kier alpha value is -1.70. The van der Waals surface area contributed by atoms with Crippen LogP contribution in [0.4, 0.5) is 5.82 Å². The zero-order valence-electron chi connectivity index (χ0n) is 14.5. The van der Waals surface area contributed by atoms with E-state index in [9.17, 15) is 9.90 Å². The molecule has 1 atom stereocenters. The fourth-order valence-corrected chi connectivity index (χ4v) is 4.09. The van der Waals surface area contributed by atoms with Gasteiger partial charge in [0.05, 0.1) is 5.69 Å². The number of anilines is 1. The Morgan fingerprint density at radius 3 is 2.48 bits per heavy atom. The first-order valence-corrected chi connectivity index (χ1v) is 9.11. The van der Waals surface area contributed by atoms with Crippen LogP contribution in [0.5, 0.6) is 0 Å². The largest absolute Gasteiger partial charge is 0.479 e. The van der Waals surface area contributed by atoms with Crippen LogP contribution in [0.3, 0.4) is 0 Å². The molecule has 7 nitrogen and oxygen atoms in total. The lowest BCUT2D eigenvalue weighted by Crippen LogP contribution is -2.51. The van der Waals surface area contributed by atoms with Crippen LogP contribution in [0.1, 0.15) is 31.4 Å². The predicted octanol–water partition coefficient (Wildman–Crippen LogP) is 0.786. The summed E-state index contributed by atoms with van der Waals surface area (Å²) in [6.45, 7) is 4.90. The molecule has 2 aliphatic rings. The summed E-state index contributed by atoms with van der Waals surface area (Å²) in [7, 11) is 0. The molecule has 1 unspecified atom stereocenters. The van der Waals surface area contributed by atoms with E-state index in [2.05, 4.69) is 14.8 Å². The van der Waals surface area contributed by atoms with Crippen molar-refractivity contribution < 1.29 is 15.0 Å². The smallest absolute Gasteiger partial charge is 0.332 e. The standard InChI is InChI=1S/C18H28N4O3/c19-16-3-1-2-14(20-16)12-21-8-10-22(11-9-21)15-6-4-13(5-7-15)17(23)18(24)25/h1-3,13,15,17,23H,4-12H2,(H2,19,20)(H,24,25). The van der Waals surface area contributed by atoms with Gasteiger partial charge in [0.15, 0.2) is 6.10 Å². The number of aliphatic carboxylic acids is 1. The molecule has 1 saturated carbocycles. The van der Waals surface area contributed by atoms with Crippen molar-refractivity contribution in [2.75, 3.05) is 31.9 Å². The first-order chi connectivity index (χ1) is 12.0. The number of nitrogen functional groups attached to an aromatic ring is 1. The molecule has 2 heterocycles. The molecule has 0 radical (unpaired) electrons. The molecule has 0 aromatic carbocycles. The number of carboxylic acid groups (broad SMARTS) is 1. The summed E-state index contributed by atoms with van der Waals surface area (Å²) in [4.78, 5) is 20.2. The van der Waals surface area contributed by atoms with E-state index < -0.39 is 12.1 Å². The Labute approximate surface area is 148 Å². The van der Waals surface area contributed by atoms with Gasteiger partial charge in [-0.15, -0.1) is 0 Å². The maximum Gasteiger partial charge on any atom is 0.332 e. The fourth-order valence-electron chi connectivity index (χ4n) is 4.09. The third-order valence-electron chi connectivity index (χ3n) is 5.58. The second-order valence-corrected chi connectivity index (χ2v) is 7.22. The average molecular weight is 348 g/mol. The average Bonchev–Trinajstić information content (AvgIpc) is 2.62. The summed E-state index contributed by atoms with van der Waals surface area (Å²) in [5.41, 5.74) is 6.75. The van der Waals surface area contributed by atoms with Gasteiger partial charge in [0.25, 0.3) is 0 Å². The summed E-state index contributed by atoms with van der Waals surface area (Å²) in [6, 6.07) is 6.28. The molecule has 3 rings (SSSR count). The van der Waals surface area contributed by atoms with Crippen molar-refractivity contribution in [3.05, 3.63) is 23.9 Å². The quantitative estimate of drug-likeness (QED) is 0.723. The number of nitrogens with two attached hydrogens (primary N) is 1. The number of carbonyl (C=O) groups is 1.